The van der Waals surface area contributed by atoms with Crippen molar-refractivity contribution in [2.45, 2.75) is 25.3 Å². The molecule has 1 N–H and O–H groups in total. The number of carbonyl (C=O) groups excluding carboxylic acids is 1. The molecule has 0 aliphatic carbocycles. The third-order valence-electron chi connectivity index (χ3n) is 5.80. The average molecular weight is 479 g/mol. The minimum atomic E-state index is -3.68. The molecule has 0 spiro atoms. The van der Waals surface area contributed by atoms with Gasteiger partial charge in [0.2, 0.25) is 10.0 Å². The number of benzene rings is 2. The van der Waals surface area contributed by atoms with Gasteiger partial charge in [-0.05, 0) is 56.8 Å². The molecule has 1 heterocycles. The van der Waals surface area contributed by atoms with Gasteiger partial charge in [0.15, 0.2) is 0 Å². The van der Waals surface area contributed by atoms with Gasteiger partial charge in [-0.3, -0.25) is 4.79 Å². The van der Waals surface area contributed by atoms with Crippen LogP contribution in [-0.4, -0.2) is 69.8 Å². The Bertz CT molecular complexity index is 1030. The molecule has 2 aromatic rings. The van der Waals surface area contributed by atoms with E-state index < -0.39 is 15.9 Å². The van der Waals surface area contributed by atoms with Gasteiger partial charge in [0.05, 0.1) is 15.5 Å². The summed E-state index contributed by atoms with van der Waals surface area (Å²) in [5.74, 6) is -0.404. The number of sulfonamides is 1. The number of halogens is 1. The van der Waals surface area contributed by atoms with Crippen LogP contribution in [0.4, 0.5) is 5.69 Å². The zero-order valence-electron chi connectivity index (χ0n) is 18.8. The summed E-state index contributed by atoms with van der Waals surface area (Å²) >= 11 is 6.23. The summed E-state index contributed by atoms with van der Waals surface area (Å²) in [6.45, 7) is 8.60. The lowest BCUT2D eigenvalue weighted by molar-refractivity contribution is 0.0951. The molecule has 1 fully saturated rings. The first kappa shape index (κ1) is 24.5. The van der Waals surface area contributed by atoms with E-state index in [4.69, 9.17) is 11.6 Å². The van der Waals surface area contributed by atoms with E-state index in [2.05, 4.69) is 29.0 Å². The van der Waals surface area contributed by atoms with E-state index in [1.807, 2.05) is 31.3 Å². The van der Waals surface area contributed by atoms with Gasteiger partial charge in [-0.25, -0.2) is 8.42 Å². The molecule has 1 aliphatic rings. The minimum Gasteiger partial charge on any atom is -0.372 e. The van der Waals surface area contributed by atoms with Gasteiger partial charge in [-0.2, -0.15) is 4.31 Å². The van der Waals surface area contributed by atoms with Gasteiger partial charge in [0.1, 0.15) is 0 Å². The van der Waals surface area contributed by atoms with Gasteiger partial charge in [0.25, 0.3) is 5.91 Å². The first-order valence-corrected chi connectivity index (χ1v) is 12.7. The molecule has 0 radical (unpaired) electrons. The van der Waals surface area contributed by atoms with Crippen LogP contribution in [0.5, 0.6) is 0 Å². The van der Waals surface area contributed by atoms with Crippen LogP contribution in [-0.2, 0) is 16.6 Å². The van der Waals surface area contributed by atoms with Crippen molar-refractivity contribution in [3.8, 4) is 0 Å². The molecule has 0 saturated carbocycles. The van der Waals surface area contributed by atoms with Crippen LogP contribution in [0, 0.1) is 0 Å². The topological polar surface area (TPSA) is 73.0 Å². The summed E-state index contributed by atoms with van der Waals surface area (Å²) in [6, 6.07) is 12.3. The Balaban J connectivity index is 1.70. The number of rotatable bonds is 8. The van der Waals surface area contributed by atoms with Gasteiger partial charge in [-0.15, -0.1) is 0 Å². The number of likely N-dealkylation sites (N-methyl/N-ethyl adjacent to an activating group) is 1. The Morgan fingerprint density at radius 3 is 2.25 bits per heavy atom. The van der Waals surface area contributed by atoms with E-state index in [0.29, 0.717) is 32.7 Å². The number of amides is 1. The summed E-state index contributed by atoms with van der Waals surface area (Å²) in [4.78, 5) is 17.2. The SMILES string of the molecule is CCN(CC)c1ccc(CNC(=O)c2cc(S(=O)(=O)N3CCN(C)CC3)ccc2Cl)cc1. The minimum absolute atomic E-state index is 0.0835. The number of nitrogens with zero attached hydrogens (tertiary/aromatic N) is 3. The molecular formula is C23H31ClN4O3S. The summed E-state index contributed by atoms with van der Waals surface area (Å²) in [6.07, 6.45) is 0. The molecule has 1 saturated heterocycles. The quantitative estimate of drug-likeness (QED) is 0.631. The monoisotopic (exact) mass is 478 g/mol. The van der Waals surface area contributed by atoms with Crippen molar-refractivity contribution in [1.29, 1.82) is 0 Å². The first-order chi connectivity index (χ1) is 15.3. The zero-order chi connectivity index (χ0) is 23.3. The van der Waals surface area contributed by atoms with Crippen molar-refractivity contribution in [2.75, 3.05) is 51.2 Å². The molecular weight excluding hydrogens is 448 g/mol. The van der Waals surface area contributed by atoms with Crippen LogP contribution in [0.15, 0.2) is 47.4 Å². The predicted molar refractivity (Wildman–Crippen MR) is 129 cm³/mol. The Labute approximate surface area is 196 Å². The number of nitrogens with one attached hydrogen (secondary N) is 1. The van der Waals surface area contributed by atoms with Crippen molar-refractivity contribution in [2.24, 2.45) is 0 Å². The third-order valence-corrected chi connectivity index (χ3v) is 8.02. The fraction of sp³-hybridized carbons (Fsp3) is 0.435. The summed E-state index contributed by atoms with van der Waals surface area (Å²) in [7, 11) is -1.72. The average Bonchev–Trinajstić information content (AvgIpc) is 2.79. The summed E-state index contributed by atoms with van der Waals surface area (Å²) < 4.78 is 27.5. The van der Waals surface area contributed by atoms with E-state index in [9.17, 15) is 13.2 Å². The smallest absolute Gasteiger partial charge is 0.253 e. The molecule has 174 valence electrons. The first-order valence-electron chi connectivity index (χ1n) is 10.9. The van der Waals surface area contributed by atoms with Crippen LogP contribution in [0.1, 0.15) is 29.8 Å². The van der Waals surface area contributed by atoms with Gasteiger partial charge < -0.3 is 15.1 Å². The van der Waals surface area contributed by atoms with E-state index in [0.717, 1.165) is 24.3 Å². The normalized spacial score (nSPS) is 15.5. The van der Waals surface area contributed by atoms with Crippen molar-refractivity contribution < 1.29 is 13.2 Å². The maximum Gasteiger partial charge on any atom is 0.253 e. The Morgan fingerprint density at radius 1 is 1.03 bits per heavy atom. The second-order valence-corrected chi connectivity index (χ2v) is 10.2. The van der Waals surface area contributed by atoms with Gasteiger partial charge in [-0.1, -0.05) is 23.7 Å². The van der Waals surface area contributed by atoms with Gasteiger partial charge in [0, 0.05) is 51.5 Å². The lowest BCUT2D eigenvalue weighted by Gasteiger charge is -2.31. The molecule has 1 aliphatic heterocycles. The Morgan fingerprint density at radius 2 is 1.66 bits per heavy atom. The zero-order valence-corrected chi connectivity index (χ0v) is 20.4. The number of piperazine rings is 1. The molecule has 3 rings (SSSR count). The third kappa shape index (κ3) is 5.61. The molecule has 9 heteroatoms. The van der Waals surface area contributed by atoms with E-state index in [1.54, 1.807) is 0 Å². The van der Waals surface area contributed by atoms with Crippen LogP contribution in [0.3, 0.4) is 0 Å². The largest absolute Gasteiger partial charge is 0.372 e. The number of carbonyl (C=O) groups is 1. The molecule has 1 amide bonds. The maximum atomic E-state index is 13.0. The van der Waals surface area contributed by atoms with Crippen LogP contribution >= 0.6 is 11.6 Å². The highest BCUT2D eigenvalue weighted by Gasteiger charge is 2.28. The Kier molecular flexibility index (Phi) is 8.16. The highest BCUT2D eigenvalue weighted by atomic mass is 35.5. The molecule has 0 atom stereocenters. The Hall–Kier alpha value is -2.13. The molecule has 32 heavy (non-hydrogen) atoms. The fourth-order valence-electron chi connectivity index (χ4n) is 3.71. The van der Waals surface area contributed by atoms with Crippen LogP contribution in [0.2, 0.25) is 5.02 Å². The number of hydrogen-bond donors (Lipinski definition) is 1. The standard InChI is InChI=1S/C23H31ClN4O3S/c1-4-27(5-2)19-8-6-18(7-9-19)17-25-23(29)21-16-20(10-11-22(21)24)32(30,31)28-14-12-26(3)13-15-28/h6-11,16H,4-5,12-15,17H2,1-3H3,(H,25,29). The van der Waals surface area contributed by atoms with Crippen molar-refractivity contribution in [3.05, 3.63) is 58.6 Å². The van der Waals surface area contributed by atoms with Gasteiger partial charge >= 0.3 is 0 Å². The second-order valence-electron chi connectivity index (χ2n) is 7.87. The van der Waals surface area contributed by atoms with E-state index >= 15 is 0 Å². The summed E-state index contributed by atoms with van der Waals surface area (Å²) in [5, 5.41) is 3.06. The fourth-order valence-corrected chi connectivity index (χ4v) is 5.36. The lowest BCUT2D eigenvalue weighted by Crippen LogP contribution is -2.47. The molecule has 7 nitrogen and oxygen atoms in total. The van der Waals surface area contributed by atoms with Crippen molar-refractivity contribution >= 4 is 33.2 Å². The van der Waals surface area contributed by atoms with Crippen LogP contribution in [0.25, 0.3) is 0 Å². The number of hydrogen-bond acceptors (Lipinski definition) is 5. The van der Waals surface area contributed by atoms with Crippen LogP contribution < -0.4 is 10.2 Å². The second kappa shape index (κ2) is 10.7. The highest BCUT2D eigenvalue weighted by Crippen LogP contribution is 2.24. The summed E-state index contributed by atoms with van der Waals surface area (Å²) in [5.41, 5.74) is 2.24. The van der Waals surface area contributed by atoms with Crippen molar-refractivity contribution in [3.63, 3.8) is 0 Å². The molecule has 0 bridgehead atoms. The molecule has 0 aromatic heterocycles. The maximum absolute atomic E-state index is 13.0. The van der Waals surface area contributed by atoms with E-state index in [-0.39, 0.29) is 15.5 Å². The highest BCUT2D eigenvalue weighted by molar-refractivity contribution is 7.89. The molecule has 2 aromatic carbocycles. The molecule has 0 unspecified atom stereocenters. The number of anilines is 1. The van der Waals surface area contributed by atoms with E-state index in [1.165, 1.54) is 22.5 Å². The van der Waals surface area contributed by atoms with Crippen molar-refractivity contribution in [1.82, 2.24) is 14.5 Å². The lowest BCUT2D eigenvalue weighted by atomic mass is 10.1. The predicted octanol–water partition coefficient (Wildman–Crippen LogP) is 3.05.